The van der Waals surface area contributed by atoms with Gasteiger partial charge in [-0.2, -0.15) is 0 Å². The first-order valence-corrected chi connectivity index (χ1v) is 5.94. The number of aliphatic carboxylic acids is 1. The smallest absolute Gasteiger partial charge is 0.303 e. The van der Waals surface area contributed by atoms with E-state index in [2.05, 4.69) is 10.3 Å². The standard InChI is InChI=1S/C14H14N2O3/c1-9-8-12(16-13(17)6-7-14(18)19)15-11-5-3-2-4-10(9)11/h2-5,8H,6-7H2,1H3,(H,18,19)(H,15,16,17). The molecule has 1 aromatic heterocycles. The fourth-order valence-corrected chi connectivity index (χ4v) is 1.84. The van der Waals surface area contributed by atoms with Gasteiger partial charge in [0.1, 0.15) is 5.82 Å². The second-order valence-corrected chi connectivity index (χ2v) is 4.28. The number of carbonyl (C=O) groups excluding carboxylic acids is 1. The van der Waals surface area contributed by atoms with Gasteiger partial charge in [-0.1, -0.05) is 18.2 Å². The molecule has 0 saturated heterocycles. The summed E-state index contributed by atoms with van der Waals surface area (Å²) in [4.78, 5) is 26.3. The van der Waals surface area contributed by atoms with Crippen LogP contribution in [-0.2, 0) is 9.59 Å². The summed E-state index contributed by atoms with van der Waals surface area (Å²) in [5.74, 6) is -0.881. The lowest BCUT2D eigenvalue weighted by Gasteiger charge is -2.07. The van der Waals surface area contributed by atoms with Crippen LogP contribution in [0.5, 0.6) is 0 Å². The maximum atomic E-state index is 11.5. The number of pyridine rings is 1. The van der Waals surface area contributed by atoms with Gasteiger partial charge in [-0.25, -0.2) is 4.98 Å². The minimum Gasteiger partial charge on any atom is -0.481 e. The molecule has 19 heavy (non-hydrogen) atoms. The van der Waals surface area contributed by atoms with Crippen molar-refractivity contribution in [1.82, 2.24) is 4.98 Å². The number of hydrogen-bond acceptors (Lipinski definition) is 3. The van der Waals surface area contributed by atoms with Crippen molar-refractivity contribution in [3.63, 3.8) is 0 Å². The number of nitrogens with one attached hydrogen (secondary N) is 1. The quantitative estimate of drug-likeness (QED) is 0.882. The van der Waals surface area contributed by atoms with Crippen LogP contribution >= 0.6 is 0 Å². The Kier molecular flexibility index (Phi) is 3.75. The van der Waals surface area contributed by atoms with E-state index < -0.39 is 5.97 Å². The zero-order valence-corrected chi connectivity index (χ0v) is 10.5. The zero-order valence-electron chi connectivity index (χ0n) is 10.5. The van der Waals surface area contributed by atoms with E-state index in [9.17, 15) is 9.59 Å². The Bertz CT molecular complexity index is 638. The molecule has 2 N–H and O–H groups in total. The molecular formula is C14H14N2O3. The van der Waals surface area contributed by atoms with Crippen LogP contribution in [0, 0.1) is 6.92 Å². The summed E-state index contributed by atoms with van der Waals surface area (Å²) in [5.41, 5.74) is 1.81. The lowest BCUT2D eigenvalue weighted by molar-refractivity contribution is -0.138. The molecule has 1 aromatic carbocycles. The summed E-state index contributed by atoms with van der Waals surface area (Å²) in [6.07, 6.45) is -0.235. The zero-order chi connectivity index (χ0) is 13.8. The minimum atomic E-state index is -0.988. The van der Waals surface area contributed by atoms with Gasteiger partial charge in [0.25, 0.3) is 0 Å². The van der Waals surface area contributed by atoms with Gasteiger partial charge in [0.05, 0.1) is 11.9 Å². The van der Waals surface area contributed by atoms with Crippen molar-refractivity contribution in [2.24, 2.45) is 0 Å². The summed E-state index contributed by atoms with van der Waals surface area (Å²) in [5, 5.41) is 12.2. The largest absolute Gasteiger partial charge is 0.481 e. The molecule has 0 aliphatic heterocycles. The highest BCUT2D eigenvalue weighted by molar-refractivity contribution is 5.93. The molecule has 0 atom stereocenters. The van der Waals surface area contributed by atoms with E-state index in [1.54, 1.807) is 6.07 Å². The Morgan fingerprint density at radius 2 is 2.00 bits per heavy atom. The molecule has 2 rings (SSSR count). The molecule has 1 amide bonds. The molecule has 0 bridgehead atoms. The molecule has 98 valence electrons. The SMILES string of the molecule is Cc1cc(NC(=O)CCC(=O)O)nc2ccccc12. The number of aryl methyl sites for hydroxylation is 1. The minimum absolute atomic E-state index is 0.0527. The number of aromatic nitrogens is 1. The van der Waals surface area contributed by atoms with Crippen LogP contribution in [0.15, 0.2) is 30.3 Å². The molecule has 5 heteroatoms. The highest BCUT2D eigenvalue weighted by Gasteiger charge is 2.08. The first kappa shape index (κ1) is 13.0. The fraction of sp³-hybridized carbons (Fsp3) is 0.214. The molecule has 0 saturated carbocycles. The van der Waals surface area contributed by atoms with E-state index in [1.165, 1.54) is 0 Å². The Labute approximate surface area is 110 Å². The van der Waals surface area contributed by atoms with E-state index in [-0.39, 0.29) is 18.7 Å². The van der Waals surface area contributed by atoms with Crippen LogP contribution in [-0.4, -0.2) is 22.0 Å². The molecule has 0 aliphatic carbocycles. The van der Waals surface area contributed by atoms with Crippen LogP contribution in [0.2, 0.25) is 0 Å². The van der Waals surface area contributed by atoms with Crippen LogP contribution in [0.3, 0.4) is 0 Å². The third-order valence-electron chi connectivity index (χ3n) is 2.76. The number of carboxylic acids is 1. The number of rotatable bonds is 4. The molecule has 0 spiro atoms. The molecule has 0 unspecified atom stereocenters. The number of anilines is 1. The number of nitrogens with zero attached hydrogens (tertiary/aromatic N) is 1. The number of para-hydroxylation sites is 1. The van der Waals surface area contributed by atoms with Gasteiger partial charge < -0.3 is 10.4 Å². The molecule has 1 heterocycles. The second-order valence-electron chi connectivity index (χ2n) is 4.28. The van der Waals surface area contributed by atoms with Gasteiger partial charge in [0.2, 0.25) is 5.91 Å². The predicted molar refractivity (Wildman–Crippen MR) is 72.0 cm³/mol. The maximum Gasteiger partial charge on any atom is 0.303 e. The second kappa shape index (κ2) is 5.48. The Morgan fingerprint density at radius 3 is 2.74 bits per heavy atom. The van der Waals surface area contributed by atoms with Crippen molar-refractivity contribution >= 4 is 28.6 Å². The Balaban J connectivity index is 2.17. The highest BCUT2D eigenvalue weighted by atomic mass is 16.4. The monoisotopic (exact) mass is 258 g/mol. The highest BCUT2D eigenvalue weighted by Crippen LogP contribution is 2.19. The number of benzene rings is 1. The van der Waals surface area contributed by atoms with Gasteiger partial charge in [0, 0.05) is 11.8 Å². The summed E-state index contributed by atoms with van der Waals surface area (Å²) in [6, 6.07) is 9.43. The van der Waals surface area contributed by atoms with E-state index in [0.29, 0.717) is 5.82 Å². The number of hydrogen-bond donors (Lipinski definition) is 2. The van der Waals surface area contributed by atoms with Gasteiger partial charge in [0.15, 0.2) is 0 Å². The third kappa shape index (κ3) is 3.28. The predicted octanol–water partition coefficient (Wildman–Crippen LogP) is 2.35. The van der Waals surface area contributed by atoms with Crippen molar-refractivity contribution in [2.45, 2.75) is 19.8 Å². The summed E-state index contributed by atoms with van der Waals surface area (Å²) < 4.78 is 0. The summed E-state index contributed by atoms with van der Waals surface area (Å²) >= 11 is 0. The van der Waals surface area contributed by atoms with E-state index in [0.717, 1.165) is 16.5 Å². The normalized spacial score (nSPS) is 10.4. The molecular weight excluding hydrogens is 244 g/mol. The van der Waals surface area contributed by atoms with Crippen LogP contribution in [0.1, 0.15) is 18.4 Å². The van der Waals surface area contributed by atoms with Gasteiger partial charge >= 0.3 is 5.97 Å². The van der Waals surface area contributed by atoms with Crippen molar-refractivity contribution < 1.29 is 14.7 Å². The first-order chi connectivity index (χ1) is 9.06. The molecule has 5 nitrogen and oxygen atoms in total. The third-order valence-corrected chi connectivity index (χ3v) is 2.76. The Hall–Kier alpha value is -2.43. The van der Waals surface area contributed by atoms with Gasteiger partial charge in [-0.05, 0) is 24.6 Å². The van der Waals surface area contributed by atoms with E-state index in [4.69, 9.17) is 5.11 Å². The summed E-state index contributed by atoms with van der Waals surface area (Å²) in [6.45, 7) is 1.94. The van der Waals surface area contributed by atoms with Gasteiger partial charge in [-0.3, -0.25) is 9.59 Å². The Morgan fingerprint density at radius 1 is 1.26 bits per heavy atom. The number of carbonyl (C=O) groups is 2. The van der Waals surface area contributed by atoms with Gasteiger partial charge in [-0.15, -0.1) is 0 Å². The van der Waals surface area contributed by atoms with Crippen molar-refractivity contribution in [2.75, 3.05) is 5.32 Å². The topological polar surface area (TPSA) is 79.3 Å². The number of carboxylic acid groups (broad SMARTS) is 1. The maximum absolute atomic E-state index is 11.5. The molecule has 0 fully saturated rings. The summed E-state index contributed by atoms with van der Waals surface area (Å²) in [7, 11) is 0. The lowest BCUT2D eigenvalue weighted by atomic mass is 10.1. The van der Waals surface area contributed by atoms with Crippen molar-refractivity contribution in [1.29, 1.82) is 0 Å². The first-order valence-electron chi connectivity index (χ1n) is 5.94. The fourth-order valence-electron chi connectivity index (χ4n) is 1.84. The molecule has 2 aromatic rings. The lowest BCUT2D eigenvalue weighted by Crippen LogP contribution is -2.14. The molecule has 0 aliphatic rings. The van der Waals surface area contributed by atoms with Crippen LogP contribution in [0.25, 0.3) is 10.9 Å². The number of fused-ring (bicyclic) bond motifs is 1. The van der Waals surface area contributed by atoms with Crippen molar-refractivity contribution in [3.05, 3.63) is 35.9 Å². The average molecular weight is 258 g/mol. The van der Waals surface area contributed by atoms with Crippen LogP contribution < -0.4 is 5.32 Å². The van der Waals surface area contributed by atoms with Crippen LogP contribution in [0.4, 0.5) is 5.82 Å². The van der Waals surface area contributed by atoms with E-state index in [1.807, 2.05) is 31.2 Å². The van der Waals surface area contributed by atoms with E-state index >= 15 is 0 Å². The number of amides is 1. The van der Waals surface area contributed by atoms with Crippen molar-refractivity contribution in [3.8, 4) is 0 Å². The average Bonchev–Trinajstić information content (AvgIpc) is 2.36. The molecule has 0 radical (unpaired) electrons.